The van der Waals surface area contributed by atoms with E-state index in [-0.39, 0.29) is 23.2 Å². The molecular weight excluding hydrogens is 326 g/mol. The zero-order valence-electron chi connectivity index (χ0n) is 15.4. The zero-order valence-corrected chi connectivity index (χ0v) is 15.4. The molecule has 2 N–H and O–H groups in total. The van der Waals surface area contributed by atoms with Gasteiger partial charge in [-0.1, -0.05) is 58.0 Å². The molecule has 4 heteroatoms. The fraction of sp³-hybridized carbons (Fsp3) is 0.273. The lowest BCUT2D eigenvalue weighted by molar-refractivity contribution is -0.132. The average Bonchev–Trinajstić information content (AvgIpc) is 2.59. The number of carboxylic acid groups (broad SMARTS) is 1. The maximum Gasteiger partial charge on any atom is 0.347 e. The van der Waals surface area contributed by atoms with Crippen LogP contribution in [0.2, 0.25) is 0 Å². The highest BCUT2D eigenvalue weighted by atomic mass is 16.4. The highest BCUT2D eigenvalue weighted by Crippen LogP contribution is 2.38. The summed E-state index contributed by atoms with van der Waals surface area (Å²) in [6, 6.07) is 14.4. The van der Waals surface area contributed by atoms with Gasteiger partial charge in [-0.3, -0.25) is 0 Å². The number of phenolic OH excluding ortho intramolecular Hbond substituents is 1. The van der Waals surface area contributed by atoms with Crippen LogP contribution in [-0.4, -0.2) is 16.2 Å². The predicted octanol–water partition coefficient (Wildman–Crippen LogP) is 5.05. The van der Waals surface area contributed by atoms with Gasteiger partial charge in [-0.2, -0.15) is 5.26 Å². The lowest BCUT2D eigenvalue weighted by Gasteiger charge is -2.19. The fourth-order valence-electron chi connectivity index (χ4n) is 2.98. The molecule has 0 saturated carbocycles. The molecule has 0 amide bonds. The van der Waals surface area contributed by atoms with Crippen LogP contribution in [0, 0.1) is 11.3 Å². The number of carboxylic acids is 1. The first-order valence-corrected chi connectivity index (χ1v) is 8.58. The average molecular weight is 349 g/mol. The van der Waals surface area contributed by atoms with Crippen LogP contribution in [0.1, 0.15) is 61.8 Å². The maximum atomic E-state index is 11.7. The number of benzene rings is 2. The third-order valence-corrected chi connectivity index (χ3v) is 4.34. The Bertz CT molecular complexity index is 858. The van der Waals surface area contributed by atoms with Crippen molar-refractivity contribution in [1.29, 1.82) is 5.26 Å². The van der Waals surface area contributed by atoms with E-state index in [0.717, 1.165) is 11.1 Å². The number of aliphatic carboxylic acids is 1. The normalized spacial score (nSPS) is 12.0. The van der Waals surface area contributed by atoms with Crippen molar-refractivity contribution in [3.63, 3.8) is 0 Å². The van der Waals surface area contributed by atoms with Gasteiger partial charge in [0.1, 0.15) is 17.4 Å². The standard InChI is InChI=1S/C22H23NO3/c1-13(2)17-10-16(11-18(14(3)4)21(17)24)20(19(12-23)22(25)26)15-8-6-5-7-9-15/h5-11,13-14,24H,1-4H3,(H,25,26). The van der Waals surface area contributed by atoms with Gasteiger partial charge in [0.25, 0.3) is 0 Å². The van der Waals surface area contributed by atoms with Crippen molar-refractivity contribution in [3.8, 4) is 11.8 Å². The van der Waals surface area contributed by atoms with Crippen LogP contribution in [-0.2, 0) is 4.79 Å². The Balaban J connectivity index is 2.91. The van der Waals surface area contributed by atoms with Crippen molar-refractivity contribution in [1.82, 2.24) is 0 Å². The van der Waals surface area contributed by atoms with Crippen LogP contribution < -0.4 is 0 Å². The molecule has 2 rings (SSSR count). The van der Waals surface area contributed by atoms with Crippen LogP contribution >= 0.6 is 0 Å². The van der Waals surface area contributed by atoms with E-state index in [4.69, 9.17) is 0 Å². The Hall–Kier alpha value is -3.06. The van der Waals surface area contributed by atoms with Crippen LogP contribution in [0.5, 0.6) is 5.75 Å². The first-order valence-electron chi connectivity index (χ1n) is 8.58. The van der Waals surface area contributed by atoms with Crippen molar-refractivity contribution >= 4 is 11.5 Å². The molecule has 0 heterocycles. The Labute approximate surface area is 154 Å². The van der Waals surface area contributed by atoms with Gasteiger partial charge in [0.15, 0.2) is 0 Å². The minimum absolute atomic E-state index is 0.0554. The van der Waals surface area contributed by atoms with Crippen LogP contribution in [0.25, 0.3) is 5.57 Å². The summed E-state index contributed by atoms with van der Waals surface area (Å²) in [5.74, 6) is -0.920. The van der Waals surface area contributed by atoms with E-state index in [1.807, 2.05) is 39.8 Å². The summed E-state index contributed by atoms with van der Waals surface area (Å²) in [4.78, 5) is 11.7. The number of hydrogen-bond acceptors (Lipinski definition) is 3. The molecule has 0 radical (unpaired) electrons. The van der Waals surface area contributed by atoms with E-state index in [2.05, 4.69) is 0 Å². The summed E-state index contributed by atoms with van der Waals surface area (Å²) in [6.07, 6.45) is 0. The molecule has 134 valence electrons. The Morgan fingerprint density at radius 1 is 0.962 bits per heavy atom. The van der Waals surface area contributed by atoms with Crippen LogP contribution in [0.15, 0.2) is 48.0 Å². The monoisotopic (exact) mass is 349 g/mol. The van der Waals surface area contributed by atoms with Crippen molar-refractivity contribution in [2.75, 3.05) is 0 Å². The minimum atomic E-state index is -1.27. The second kappa shape index (κ2) is 7.88. The lowest BCUT2D eigenvalue weighted by Crippen LogP contribution is -2.06. The Kier molecular flexibility index (Phi) is 5.84. The second-order valence-electron chi connectivity index (χ2n) is 6.85. The van der Waals surface area contributed by atoms with Gasteiger partial charge < -0.3 is 10.2 Å². The van der Waals surface area contributed by atoms with Crippen molar-refractivity contribution < 1.29 is 15.0 Å². The molecule has 0 aliphatic rings. The SMILES string of the molecule is CC(C)c1cc(C(=C(C#N)C(=O)O)c2ccccc2)cc(C(C)C)c1O. The van der Waals surface area contributed by atoms with Crippen molar-refractivity contribution in [2.45, 2.75) is 39.5 Å². The molecule has 0 aliphatic carbocycles. The minimum Gasteiger partial charge on any atom is -0.507 e. The lowest BCUT2D eigenvalue weighted by atomic mass is 9.86. The highest BCUT2D eigenvalue weighted by Gasteiger charge is 2.22. The molecule has 0 bridgehead atoms. The van der Waals surface area contributed by atoms with E-state index < -0.39 is 5.97 Å². The van der Waals surface area contributed by atoms with Gasteiger partial charge in [0, 0.05) is 5.57 Å². The van der Waals surface area contributed by atoms with E-state index in [0.29, 0.717) is 16.7 Å². The molecule has 0 atom stereocenters. The predicted molar refractivity (Wildman–Crippen MR) is 102 cm³/mol. The van der Waals surface area contributed by atoms with Crippen LogP contribution in [0.4, 0.5) is 0 Å². The quantitative estimate of drug-likeness (QED) is 0.584. The molecule has 0 aromatic heterocycles. The summed E-state index contributed by atoms with van der Waals surface area (Å²) in [5, 5.41) is 29.6. The first-order chi connectivity index (χ1) is 12.3. The molecule has 0 saturated heterocycles. The molecule has 4 nitrogen and oxygen atoms in total. The summed E-state index contributed by atoms with van der Waals surface area (Å²) < 4.78 is 0. The smallest absolute Gasteiger partial charge is 0.347 e. The zero-order chi connectivity index (χ0) is 19.4. The Morgan fingerprint density at radius 2 is 1.46 bits per heavy atom. The molecule has 0 fully saturated rings. The van der Waals surface area contributed by atoms with E-state index in [1.54, 1.807) is 36.4 Å². The van der Waals surface area contributed by atoms with Gasteiger partial charge in [-0.15, -0.1) is 0 Å². The topological polar surface area (TPSA) is 81.3 Å². The molecule has 2 aromatic rings. The fourth-order valence-corrected chi connectivity index (χ4v) is 2.98. The molecular formula is C22H23NO3. The van der Waals surface area contributed by atoms with Gasteiger partial charge in [0.05, 0.1) is 0 Å². The van der Waals surface area contributed by atoms with Crippen molar-refractivity contribution in [3.05, 3.63) is 70.3 Å². The Morgan fingerprint density at radius 3 is 1.85 bits per heavy atom. The van der Waals surface area contributed by atoms with Gasteiger partial charge in [0.2, 0.25) is 0 Å². The highest BCUT2D eigenvalue weighted by molar-refractivity contribution is 6.04. The number of nitriles is 1. The molecule has 0 unspecified atom stereocenters. The molecule has 0 aliphatic heterocycles. The number of carbonyl (C=O) groups is 1. The summed E-state index contributed by atoms with van der Waals surface area (Å²) >= 11 is 0. The van der Waals surface area contributed by atoms with E-state index >= 15 is 0 Å². The number of phenols is 1. The van der Waals surface area contributed by atoms with E-state index in [9.17, 15) is 20.3 Å². The van der Waals surface area contributed by atoms with E-state index in [1.165, 1.54) is 0 Å². The molecule has 0 spiro atoms. The summed E-state index contributed by atoms with van der Waals surface area (Å²) in [7, 11) is 0. The third-order valence-electron chi connectivity index (χ3n) is 4.34. The number of nitrogens with zero attached hydrogens (tertiary/aromatic N) is 1. The van der Waals surface area contributed by atoms with Gasteiger partial charge in [-0.05, 0) is 46.2 Å². The number of hydrogen-bond donors (Lipinski definition) is 2. The molecule has 2 aromatic carbocycles. The van der Waals surface area contributed by atoms with Gasteiger partial charge >= 0.3 is 5.97 Å². The van der Waals surface area contributed by atoms with Gasteiger partial charge in [-0.25, -0.2) is 4.79 Å². The number of rotatable bonds is 5. The largest absolute Gasteiger partial charge is 0.507 e. The van der Waals surface area contributed by atoms with Crippen molar-refractivity contribution in [2.24, 2.45) is 0 Å². The first kappa shape index (κ1) is 19.3. The summed E-state index contributed by atoms with van der Waals surface area (Å²) in [5.41, 5.74) is 2.81. The second-order valence-corrected chi connectivity index (χ2v) is 6.85. The summed E-state index contributed by atoms with van der Waals surface area (Å²) in [6.45, 7) is 7.88. The number of aromatic hydroxyl groups is 1. The molecule has 26 heavy (non-hydrogen) atoms. The maximum absolute atomic E-state index is 11.7. The third kappa shape index (κ3) is 3.78. The van der Waals surface area contributed by atoms with Crippen LogP contribution in [0.3, 0.4) is 0 Å².